The molecule has 1 aliphatic rings. The highest BCUT2D eigenvalue weighted by atomic mass is 35.5. The number of hydrogen-bond donors (Lipinski definition) is 1. The number of piperidine rings is 1. The Balaban J connectivity index is 1.38. The molecule has 3 heterocycles. The van der Waals surface area contributed by atoms with Crippen LogP contribution in [0, 0.1) is 6.92 Å². The Kier molecular flexibility index (Phi) is 7.44. The minimum atomic E-state index is 0.0483. The van der Waals surface area contributed by atoms with Crippen molar-refractivity contribution in [1.29, 1.82) is 0 Å². The topological polar surface area (TPSA) is 85.2 Å². The zero-order chi connectivity index (χ0) is 23.2. The number of imidazole rings is 1. The molecule has 3 aromatic rings. The van der Waals surface area contributed by atoms with E-state index in [0.29, 0.717) is 36.1 Å². The fourth-order valence-corrected chi connectivity index (χ4v) is 4.47. The highest BCUT2D eigenvalue weighted by Gasteiger charge is 2.26. The second-order valence-corrected chi connectivity index (χ2v) is 8.66. The third-order valence-electron chi connectivity index (χ3n) is 5.86. The lowest BCUT2D eigenvalue weighted by atomic mass is 9.99. The van der Waals surface area contributed by atoms with Crippen molar-refractivity contribution < 1.29 is 9.53 Å². The van der Waals surface area contributed by atoms with Gasteiger partial charge in [0.05, 0.1) is 12.1 Å². The maximum atomic E-state index is 12.7. The SMILES string of the molecule is COc1ccc(CCNC(=O)CC2CCCCN2c2cc(C)nc(-n3ccnc3)n2)cc1Cl. The van der Waals surface area contributed by atoms with Crippen LogP contribution in [0.4, 0.5) is 5.82 Å². The highest BCUT2D eigenvalue weighted by molar-refractivity contribution is 6.32. The summed E-state index contributed by atoms with van der Waals surface area (Å²) in [6.45, 7) is 3.40. The van der Waals surface area contributed by atoms with Crippen LogP contribution in [0.1, 0.15) is 36.9 Å². The number of amides is 1. The molecule has 1 fully saturated rings. The normalized spacial score (nSPS) is 16.0. The molecule has 8 nitrogen and oxygen atoms in total. The van der Waals surface area contributed by atoms with Gasteiger partial charge in [0.25, 0.3) is 0 Å². The van der Waals surface area contributed by atoms with E-state index in [9.17, 15) is 4.79 Å². The number of aromatic nitrogens is 4. The molecule has 1 unspecified atom stereocenters. The van der Waals surface area contributed by atoms with Crippen molar-refractivity contribution in [3.8, 4) is 11.7 Å². The molecule has 174 valence electrons. The number of rotatable bonds is 8. The van der Waals surface area contributed by atoms with Crippen LogP contribution in [0.25, 0.3) is 5.95 Å². The molecule has 33 heavy (non-hydrogen) atoms. The van der Waals surface area contributed by atoms with Crippen molar-refractivity contribution in [3.05, 3.63) is 59.3 Å². The highest BCUT2D eigenvalue weighted by Crippen LogP contribution is 2.27. The minimum absolute atomic E-state index is 0.0483. The van der Waals surface area contributed by atoms with Crippen LogP contribution in [-0.4, -0.2) is 51.7 Å². The molecule has 4 rings (SSSR count). The van der Waals surface area contributed by atoms with Crippen molar-refractivity contribution in [1.82, 2.24) is 24.8 Å². The van der Waals surface area contributed by atoms with Crippen LogP contribution >= 0.6 is 11.6 Å². The Morgan fingerprint density at radius 3 is 2.91 bits per heavy atom. The molecule has 0 radical (unpaired) electrons. The Bertz CT molecular complexity index is 1090. The second-order valence-electron chi connectivity index (χ2n) is 8.25. The van der Waals surface area contributed by atoms with Crippen molar-refractivity contribution in [3.63, 3.8) is 0 Å². The van der Waals surface area contributed by atoms with Crippen LogP contribution < -0.4 is 15.0 Å². The van der Waals surface area contributed by atoms with Gasteiger partial charge in [-0.3, -0.25) is 9.36 Å². The van der Waals surface area contributed by atoms with Gasteiger partial charge in [-0.15, -0.1) is 0 Å². The zero-order valence-corrected chi connectivity index (χ0v) is 19.8. The molecule has 1 N–H and O–H groups in total. The first-order valence-corrected chi connectivity index (χ1v) is 11.6. The van der Waals surface area contributed by atoms with E-state index in [0.717, 1.165) is 42.9 Å². The lowest BCUT2D eigenvalue weighted by molar-refractivity contribution is -0.121. The average molecular weight is 469 g/mol. The summed E-state index contributed by atoms with van der Waals surface area (Å²) in [6, 6.07) is 7.80. The van der Waals surface area contributed by atoms with Gasteiger partial charge in [0, 0.05) is 49.7 Å². The summed E-state index contributed by atoms with van der Waals surface area (Å²) < 4.78 is 6.99. The number of carbonyl (C=O) groups excluding carboxylic acids is 1. The summed E-state index contributed by atoms with van der Waals surface area (Å²) in [5, 5.41) is 3.64. The molecule has 1 saturated heterocycles. The number of ether oxygens (including phenoxy) is 1. The van der Waals surface area contributed by atoms with E-state index in [2.05, 4.69) is 20.2 Å². The van der Waals surface area contributed by atoms with Gasteiger partial charge in [0.1, 0.15) is 17.9 Å². The Hall–Kier alpha value is -3.13. The first-order valence-electron chi connectivity index (χ1n) is 11.2. The van der Waals surface area contributed by atoms with E-state index in [4.69, 9.17) is 21.3 Å². The number of aryl methyl sites for hydroxylation is 1. The summed E-state index contributed by atoms with van der Waals surface area (Å²) in [5.74, 6) is 2.15. The Morgan fingerprint density at radius 1 is 1.27 bits per heavy atom. The van der Waals surface area contributed by atoms with Crippen molar-refractivity contribution >= 4 is 23.3 Å². The number of hydrogen-bond acceptors (Lipinski definition) is 6. The molecular weight excluding hydrogens is 440 g/mol. The van der Waals surface area contributed by atoms with Gasteiger partial charge in [-0.1, -0.05) is 17.7 Å². The summed E-state index contributed by atoms with van der Waals surface area (Å²) in [4.78, 5) is 28.4. The van der Waals surface area contributed by atoms with Gasteiger partial charge in [-0.25, -0.2) is 9.97 Å². The summed E-state index contributed by atoms with van der Waals surface area (Å²) >= 11 is 6.20. The number of nitrogens with one attached hydrogen (secondary N) is 1. The molecule has 1 amide bonds. The fourth-order valence-electron chi connectivity index (χ4n) is 4.19. The van der Waals surface area contributed by atoms with Gasteiger partial charge in [-0.2, -0.15) is 4.98 Å². The molecule has 0 aliphatic carbocycles. The molecule has 0 spiro atoms. The molecule has 2 aromatic heterocycles. The third-order valence-corrected chi connectivity index (χ3v) is 6.15. The predicted octanol–water partition coefficient (Wildman–Crippen LogP) is 3.74. The van der Waals surface area contributed by atoms with Crippen LogP contribution in [0.2, 0.25) is 5.02 Å². The Labute approximate surface area is 199 Å². The monoisotopic (exact) mass is 468 g/mol. The summed E-state index contributed by atoms with van der Waals surface area (Å²) in [5.41, 5.74) is 1.94. The third kappa shape index (κ3) is 5.82. The maximum absolute atomic E-state index is 12.7. The van der Waals surface area contributed by atoms with Gasteiger partial charge >= 0.3 is 0 Å². The van der Waals surface area contributed by atoms with Gasteiger partial charge in [0.2, 0.25) is 11.9 Å². The van der Waals surface area contributed by atoms with E-state index in [1.165, 1.54) is 0 Å². The van der Waals surface area contributed by atoms with E-state index < -0.39 is 0 Å². The lowest BCUT2D eigenvalue weighted by Gasteiger charge is -2.36. The first kappa shape index (κ1) is 23.0. The largest absolute Gasteiger partial charge is 0.495 e. The average Bonchev–Trinajstić information content (AvgIpc) is 3.34. The van der Waals surface area contributed by atoms with Crippen molar-refractivity contribution in [2.75, 3.05) is 25.1 Å². The molecule has 9 heteroatoms. The molecule has 1 aliphatic heterocycles. The van der Waals surface area contributed by atoms with Crippen molar-refractivity contribution in [2.24, 2.45) is 0 Å². The molecule has 1 aromatic carbocycles. The Morgan fingerprint density at radius 2 is 2.15 bits per heavy atom. The number of benzene rings is 1. The van der Waals surface area contributed by atoms with E-state index >= 15 is 0 Å². The fraction of sp³-hybridized carbons (Fsp3) is 0.417. The van der Waals surface area contributed by atoms with Crippen molar-refractivity contribution in [2.45, 2.75) is 45.1 Å². The number of nitrogens with zero attached hydrogens (tertiary/aromatic N) is 5. The van der Waals surface area contributed by atoms with E-state index in [1.807, 2.05) is 37.4 Å². The van der Waals surface area contributed by atoms with Crippen LogP contribution in [0.15, 0.2) is 43.0 Å². The van der Waals surface area contributed by atoms with Gasteiger partial charge in [0.15, 0.2) is 0 Å². The van der Waals surface area contributed by atoms with Gasteiger partial charge < -0.3 is 15.0 Å². The minimum Gasteiger partial charge on any atom is -0.495 e. The van der Waals surface area contributed by atoms with Crippen LogP contribution in [0.3, 0.4) is 0 Å². The standard InChI is InChI=1S/C24H29ClN6O2/c1-17-13-22(29-24(28-17)30-12-10-26-16-30)31-11-4-3-5-19(31)15-23(32)27-9-8-18-6-7-21(33-2)20(25)14-18/h6-7,10,12-14,16,19H,3-5,8-9,11,15H2,1-2H3,(H,27,32). The smallest absolute Gasteiger partial charge is 0.237 e. The van der Waals surface area contributed by atoms with Gasteiger partial charge in [-0.05, 0) is 50.3 Å². The van der Waals surface area contributed by atoms with Crippen LogP contribution in [0.5, 0.6) is 5.75 Å². The van der Waals surface area contributed by atoms with E-state index in [1.54, 1.807) is 24.2 Å². The number of carbonyl (C=O) groups is 1. The number of anilines is 1. The first-order chi connectivity index (χ1) is 16.0. The molecular formula is C24H29ClN6O2. The summed E-state index contributed by atoms with van der Waals surface area (Å²) in [7, 11) is 1.59. The quantitative estimate of drug-likeness (QED) is 0.542. The second kappa shape index (κ2) is 10.7. The molecule has 1 atom stereocenters. The zero-order valence-electron chi connectivity index (χ0n) is 19.0. The number of methoxy groups -OCH3 is 1. The molecule has 0 saturated carbocycles. The maximum Gasteiger partial charge on any atom is 0.237 e. The predicted molar refractivity (Wildman–Crippen MR) is 128 cm³/mol. The number of halogens is 1. The van der Waals surface area contributed by atoms with Crippen LogP contribution in [-0.2, 0) is 11.2 Å². The van der Waals surface area contributed by atoms with E-state index in [-0.39, 0.29) is 11.9 Å². The molecule has 0 bridgehead atoms. The lowest BCUT2D eigenvalue weighted by Crippen LogP contribution is -2.43. The summed E-state index contributed by atoms with van der Waals surface area (Å²) in [6.07, 6.45) is 9.53.